The first-order valence-corrected chi connectivity index (χ1v) is 12.3. The number of primary amides is 1. The number of carbonyl (C=O) groups is 1. The Kier molecular flexibility index (Phi) is 5.94. The number of carbonyl (C=O) groups excluding carboxylic acids is 1. The van der Waals surface area contributed by atoms with Crippen LogP contribution in [0, 0.1) is 6.92 Å². The van der Waals surface area contributed by atoms with Crippen LogP contribution in [0.15, 0.2) is 53.5 Å². The predicted octanol–water partition coefficient (Wildman–Crippen LogP) is 1.83. The van der Waals surface area contributed by atoms with Gasteiger partial charge in [-0.1, -0.05) is 12.1 Å². The number of nitrogens with one attached hydrogen (secondary N) is 1. The fraction of sp³-hybridized carbons (Fsp3) is 0.261. The first kappa shape index (κ1) is 22.5. The standard InChI is InChI=1S/C23H25N5O4S/c1-15-18(4-3-5-19(15)21(24)29)20-14-27(2)23(30)22(26-20)25-16-6-8-17(9-7-16)28-10-12-33(31,32)13-11-28/h3-9,14H,10-13H2,1-2H3,(H2,24,29)(H,25,26). The summed E-state index contributed by atoms with van der Waals surface area (Å²) < 4.78 is 24.7. The number of hydrogen-bond donors (Lipinski definition) is 2. The second-order valence-corrected chi connectivity index (χ2v) is 10.3. The fourth-order valence-electron chi connectivity index (χ4n) is 3.86. The molecule has 3 aromatic rings. The molecule has 9 nitrogen and oxygen atoms in total. The lowest BCUT2D eigenvalue weighted by atomic mass is 10.00. The average molecular weight is 468 g/mol. The number of nitrogens with zero attached hydrogens (tertiary/aromatic N) is 3. The summed E-state index contributed by atoms with van der Waals surface area (Å²) in [5.74, 6) is -0.0775. The van der Waals surface area contributed by atoms with E-state index in [4.69, 9.17) is 5.73 Å². The summed E-state index contributed by atoms with van der Waals surface area (Å²) in [5.41, 5.74) is 9.10. The first-order valence-electron chi connectivity index (χ1n) is 10.4. The summed E-state index contributed by atoms with van der Waals surface area (Å²) >= 11 is 0. The van der Waals surface area contributed by atoms with Crippen LogP contribution < -0.4 is 21.5 Å². The highest BCUT2D eigenvalue weighted by atomic mass is 32.2. The molecule has 0 radical (unpaired) electrons. The molecule has 0 saturated carbocycles. The molecule has 1 amide bonds. The van der Waals surface area contributed by atoms with Gasteiger partial charge in [0.2, 0.25) is 5.91 Å². The van der Waals surface area contributed by atoms with E-state index in [1.807, 2.05) is 35.2 Å². The van der Waals surface area contributed by atoms with E-state index in [0.29, 0.717) is 41.2 Å². The monoisotopic (exact) mass is 467 g/mol. The number of hydrogen-bond acceptors (Lipinski definition) is 7. The van der Waals surface area contributed by atoms with Crippen molar-refractivity contribution in [2.75, 3.05) is 34.8 Å². The molecular weight excluding hydrogens is 442 g/mol. The van der Waals surface area contributed by atoms with Crippen molar-refractivity contribution in [1.82, 2.24) is 9.55 Å². The van der Waals surface area contributed by atoms with E-state index in [-0.39, 0.29) is 22.9 Å². The minimum atomic E-state index is -2.94. The van der Waals surface area contributed by atoms with Crippen molar-refractivity contribution in [3.63, 3.8) is 0 Å². The lowest BCUT2D eigenvalue weighted by Crippen LogP contribution is -2.40. The van der Waals surface area contributed by atoms with E-state index < -0.39 is 15.7 Å². The van der Waals surface area contributed by atoms with Crippen LogP contribution in [-0.2, 0) is 16.9 Å². The van der Waals surface area contributed by atoms with Gasteiger partial charge in [-0.05, 0) is 42.8 Å². The molecular formula is C23H25N5O4S. The number of rotatable bonds is 5. The quantitative estimate of drug-likeness (QED) is 0.586. The molecule has 2 heterocycles. The SMILES string of the molecule is Cc1c(C(N)=O)cccc1-c1cn(C)c(=O)c(Nc2ccc(N3CCS(=O)(=O)CC3)cc2)n1. The summed E-state index contributed by atoms with van der Waals surface area (Å²) in [6.45, 7) is 2.71. The smallest absolute Gasteiger partial charge is 0.293 e. The molecule has 1 aliphatic heterocycles. The Balaban J connectivity index is 1.61. The van der Waals surface area contributed by atoms with Gasteiger partial charge in [-0.2, -0.15) is 0 Å². The van der Waals surface area contributed by atoms with Crippen molar-refractivity contribution in [2.24, 2.45) is 12.8 Å². The van der Waals surface area contributed by atoms with Gasteiger partial charge in [0.1, 0.15) is 0 Å². The minimum Gasteiger partial charge on any atom is -0.369 e. The molecule has 1 aromatic heterocycles. The van der Waals surface area contributed by atoms with Crippen molar-refractivity contribution in [1.29, 1.82) is 0 Å². The zero-order chi connectivity index (χ0) is 23.8. The van der Waals surface area contributed by atoms with E-state index in [1.54, 1.807) is 32.3 Å². The van der Waals surface area contributed by atoms with Gasteiger partial charge in [0.25, 0.3) is 5.56 Å². The van der Waals surface area contributed by atoms with E-state index in [2.05, 4.69) is 10.3 Å². The van der Waals surface area contributed by atoms with Gasteiger partial charge >= 0.3 is 0 Å². The topological polar surface area (TPSA) is 127 Å². The van der Waals surface area contributed by atoms with Crippen LogP contribution in [0.4, 0.5) is 17.2 Å². The normalized spacial score (nSPS) is 15.3. The predicted molar refractivity (Wildman–Crippen MR) is 129 cm³/mol. The van der Waals surface area contributed by atoms with Crippen LogP contribution >= 0.6 is 0 Å². The molecule has 4 rings (SSSR count). The second kappa shape index (κ2) is 8.70. The van der Waals surface area contributed by atoms with Crippen molar-refractivity contribution < 1.29 is 13.2 Å². The average Bonchev–Trinajstić information content (AvgIpc) is 2.77. The third kappa shape index (κ3) is 4.75. The highest BCUT2D eigenvalue weighted by Crippen LogP contribution is 2.26. The maximum absolute atomic E-state index is 12.7. The molecule has 0 unspecified atom stereocenters. The highest BCUT2D eigenvalue weighted by molar-refractivity contribution is 7.91. The molecule has 2 aromatic carbocycles. The number of aromatic nitrogens is 2. The number of anilines is 3. The zero-order valence-electron chi connectivity index (χ0n) is 18.4. The number of benzene rings is 2. The Labute approximate surface area is 191 Å². The van der Waals surface area contributed by atoms with Crippen molar-refractivity contribution in [3.8, 4) is 11.3 Å². The Morgan fingerprint density at radius 1 is 1.09 bits per heavy atom. The van der Waals surface area contributed by atoms with Crippen LogP contribution in [0.3, 0.4) is 0 Å². The van der Waals surface area contributed by atoms with Gasteiger partial charge in [-0.25, -0.2) is 13.4 Å². The van der Waals surface area contributed by atoms with Gasteiger partial charge in [-0.15, -0.1) is 0 Å². The van der Waals surface area contributed by atoms with Crippen LogP contribution in [0.5, 0.6) is 0 Å². The second-order valence-electron chi connectivity index (χ2n) is 8.04. The van der Waals surface area contributed by atoms with Gasteiger partial charge < -0.3 is 20.5 Å². The molecule has 0 atom stereocenters. The largest absolute Gasteiger partial charge is 0.369 e. The summed E-state index contributed by atoms with van der Waals surface area (Å²) in [7, 11) is -1.31. The molecule has 1 saturated heterocycles. The Hall–Kier alpha value is -3.66. The number of sulfone groups is 1. The number of aryl methyl sites for hydroxylation is 1. The summed E-state index contributed by atoms with van der Waals surface area (Å²) in [4.78, 5) is 30.9. The Bertz CT molecular complexity index is 1370. The van der Waals surface area contributed by atoms with Gasteiger partial charge in [0, 0.05) is 48.8 Å². The lowest BCUT2D eigenvalue weighted by molar-refractivity contribution is 0.0999. The van der Waals surface area contributed by atoms with E-state index in [0.717, 1.165) is 5.69 Å². The maximum atomic E-state index is 12.7. The molecule has 33 heavy (non-hydrogen) atoms. The van der Waals surface area contributed by atoms with Gasteiger partial charge in [0.15, 0.2) is 15.7 Å². The van der Waals surface area contributed by atoms with Crippen molar-refractivity contribution in [2.45, 2.75) is 6.92 Å². The molecule has 0 spiro atoms. The highest BCUT2D eigenvalue weighted by Gasteiger charge is 2.21. The van der Waals surface area contributed by atoms with Crippen LogP contribution in [-0.4, -0.2) is 48.5 Å². The van der Waals surface area contributed by atoms with E-state index >= 15 is 0 Å². The molecule has 0 aliphatic carbocycles. The summed E-state index contributed by atoms with van der Waals surface area (Å²) in [6, 6.07) is 12.6. The van der Waals surface area contributed by atoms with E-state index in [1.165, 1.54) is 4.57 Å². The minimum absolute atomic E-state index is 0.149. The summed E-state index contributed by atoms with van der Waals surface area (Å²) in [6.07, 6.45) is 1.62. The zero-order valence-corrected chi connectivity index (χ0v) is 19.2. The van der Waals surface area contributed by atoms with Crippen LogP contribution in [0.2, 0.25) is 0 Å². The van der Waals surface area contributed by atoms with Crippen molar-refractivity contribution in [3.05, 3.63) is 70.1 Å². The maximum Gasteiger partial charge on any atom is 0.293 e. The number of amides is 1. The molecule has 3 N–H and O–H groups in total. The fourth-order valence-corrected chi connectivity index (χ4v) is 5.06. The Morgan fingerprint density at radius 2 is 1.76 bits per heavy atom. The Morgan fingerprint density at radius 3 is 2.39 bits per heavy atom. The molecule has 1 aliphatic rings. The molecule has 1 fully saturated rings. The summed E-state index contributed by atoms with van der Waals surface area (Å²) in [5, 5.41) is 3.07. The van der Waals surface area contributed by atoms with Crippen LogP contribution in [0.25, 0.3) is 11.3 Å². The van der Waals surface area contributed by atoms with E-state index in [9.17, 15) is 18.0 Å². The first-order chi connectivity index (χ1) is 15.6. The van der Waals surface area contributed by atoms with Crippen molar-refractivity contribution >= 4 is 32.9 Å². The molecule has 10 heteroatoms. The van der Waals surface area contributed by atoms with Gasteiger partial charge in [-0.3, -0.25) is 9.59 Å². The van der Waals surface area contributed by atoms with Crippen LogP contribution in [0.1, 0.15) is 15.9 Å². The molecule has 172 valence electrons. The third-order valence-electron chi connectivity index (χ3n) is 5.79. The number of nitrogens with two attached hydrogens (primary N) is 1. The molecule has 0 bridgehead atoms. The lowest BCUT2D eigenvalue weighted by Gasteiger charge is -2.28. The third-order valence-corrected chi connectivity index (χ3v) is 7.40. The van der Waals surface area contributed by atoms with Gasteiger partial charge in [0.05, 0.1) is 17.2 Å².